The standard InChI is InChI=1S/C9H13NO3/c10-5-8(12)4-6-3-7(11)1-2-9(6)13/h1-3,8,11-13H,4-5,10H2. The molecule has 0 aromatic heterocycles. The molecule has 0 heterocycles. The van der Waals surface area contributed by atoms with Gasteiger partial charge in [-0.25, -0.2) is 0 Å². The SMILES string of the molecule is NCC(O)Cc1cc(O)ccc1O. The lowest BCUT2D eigenvalue weighted by Gasteiger charge is -2.09. The van der Waals surface area contributed by atoms with Crippen LogP contribution in [0, 0.1) is 0 Å². The van der Waals surface area contributed by atoms with E-state index in [0.29, 0.717) is 5.56 Å². The van der Waals surface area contributed by atoms with E-state index in [1.165, 1.54) is 18.2 Å². The number of phenols is 2. The largest absolute Gasteiger partial charge is 0.508 e. The predicted molar refractivity (Wildman–Crippen MR) is 48.5 cm³/mol. The van der Waals surface area contributed by atoms with Crippen molar-refractivity contribution in [3.63, 3.8) is 0 Å². The number of hydrogen-bond donors (Lipinski definition) is 4. The highest BCUT2D eigenvalue weighted by molar-refractivity contribution is 5.38. The first-order chi connectivity index (χ1) is 6.13. The average molecular weight is 183 g/mol. The summed E-state index contributed by atoms with van der Waals surface area (Å²) in [5.74, 6) is 0.127. The fraction of sp³-hybridized carbons (Fsp3) is 0.333. The lowest BCUT2D eigenvalue weighted by Crippen LogP contribution is -2.21. The molecule has 0 fully saturated rings. The fourth-order valence-electron chi connectivity index (χ4n) is 1.07. The second kappa shape index (κ2) is 4.11. The molecular formula is C9H13NO3. The van der Waals surface area contributed by atoms with Crippen molar-refractivity contribution in [2.45, 2.75) is 12.5 Å². The third kappa shape index (κ3) is 2.61. The molecule has 0 amide bonds. The van der Waals surface area contributed by atoms with Crippen LogP contribution in [-0.4, -0.2) is 28.0 Å². The van der Waals surface area contributed by atoms with E-state index in [4.69, 9.17) is 10.8 Å². The molecule has 0 saturated heterocycles. The van der Waals surface area contributed by atoms with Crippen molar-refractivity contribution in [3.8, 4) is 11.5 Å². The smallest absolute Gasteiger partial charge is 0.119 e. The number of hydrogen-bond acceptors (Lipinski definition) is 4. The van der Waals surface area contributed by atoms with E-state index in [-0.39, 0.29) is 24.5 Å². The van der Waals surface area contributed by atoms with Gasteiger partial charge in [0.1, 0.15) is 11.5 Å². The van der Waals surface area contributed by atoms with E-state index in [2.05, 4.69) is 0 Å². The molecule has 4 heteroatoms. The summed E-state index contributed by atoms with van der Waals surface area (Å²) in [6.45, 7) is 0.134. The van der Waals surface area contributed by atoms with Gasteiger partial charge in [-0.3, -0.25) is 0 Å². The minimum absolute atomic E-state index is 0.0605. The molecule has 0 radical (unpaired) electrons. The molecule has 1 aromatic carbocycles. The Morgan fingerprint density at radius 1 is 1.31 bits per heavy atom. The Hall–Kier alpha value is -1.26. The molecule has 5 N–H and O–H groups in total. The summed E-state index contributed by atoms with van der Waals surface area (Å²) >= 11 is 0. The van der Waals surface area contributed by atoms with E-state index in [0.717, 1.165) is 0 Å². The summed E-state index contributed by atoms with van der Waals surface area (Å²) in [6.07, 6.45) is -0.441. The van der Waals surface area contributed by atoms with Gasteiger partial charge in [0.2, 0.25) is 0 Å². The van der Waals surface area contributed by atoms with Gasteiger partial charge >= 0.3 is 0 Å². The topological polar surface area (TPSA) is 86.7 Å². The molecule has 1 aromatic rings. The van der Waals surface area contributed by atoms with E-state index >= 15 is 0 Å². The molecule has 1 unspecified atom stereocenters. The Morgan fingerprint density at radius 3 is 2.62 bits per heavy atom. The lowest BCUT2D eigenvalue weighted by atomic mass is 10.1. The molecule has 72 valence electrons. The van der Waals surface area contributed by atoms with Crippen LogP contribution in [0.2, 0.25) is 0 Å². The minimum Gasteiger partial charge on any atom is -0.508 e. The van der Waals surface area contributed by atoms with Crippen molar-refractivity contribution in [2.75, 3.05) is 6.54 Å². The quantitative estimate of drug-likeness (QED) is 0.495. The Bertz CT molecular complexity index is 288. The number of phenolic OH excluding ortho intramolecular Hbond substituents is 2. The third-order valence-electron chi connectivity index (χ3n) is 1.79. The maximum atomic E-state index is 9.32. The van der Waals surface area contributed by atoms with E-state index in [1.54, 1.807) is 0 Å². The number of rotatable bonds is 3. The average Bonchev–Trinajstić information content (AvgIpc) is 2.11. The Morgan fingerprint density at radius 2 is 2.00 bits per heavy atom. The van der Waals surface area contributed by atoms with Gasteiger partial charge in [0.25, 0.3) is 0 Å². The third-order valence-corrected chi connectivity index (χ3v) is 1.79. The van der Waals surface area contributed by atoms with E-state index in [1.807, 2.05) is 0 Å². The second-order valence-electron chi connectivity index (χ2n) is 2.91. The zero-order chi connectivity index (χ0) is 9.84. The first-order valence-corrected chi connectivity index (χ1v) is 4.02. The van der Waals surface area contributed by atoms with Crippen LogP contribution in [0.1, 0.15) is 5.56 Å². The summed E-state index contributed by atoms with van der Waals surface area (Å²) in [7, 11) is 0. The first-order valence-electron chi connectivity index (χ1n) is 4.02. The Labute approximate surface area is 76.2 Å². The van der Waals surface area contributed by atoms with Gasteiger partial charge < -0.3 is 21.1 Å². The van der Waals surface area contributed by atoms with Crippen LogP contribution in [0.3, 0.4) is 0 Å². The molecule has 1 atom stereocenters. The number of aliphatic hydroxyl groups excluding tert-OH is 1. The highest BCUT2D eigenvalue weighted by Gasteiger charge is 2.07. The van der Waals surface area contributed by atoms with Crippen LogP contribution in [0.5, 0.6) is 11.5 Å². The monoisotopic (exact) mass is 183 g/mol. The van der Waals surface area contributed by atoms with E-state index in [9.17, 15) is 10.2 Å². The van der Waals surface area contributed by atoms with Crippen molar-refractivity contribution in [3.05, 3.63) is 23.8 Å². The van der Waals surface area contributed by atoms with Gasteiger partial charge in [0.15, 0.2) is 0 Å². The highest BCUT2D eigenvalue weighted by Crippen LogP contribution is 2.22. The van der Waals surface area contributed by atoms with E-state index < -0.39 is 6.10 Å². The van der Waals surface area contributed by atoms with Gasteiger partial charge in [-0.1, -0.05) is 0 Å². The van der Waals surface area contributed by atoms with Crippen LogP contribution in [0.4, 0.5) is 0 Å². The maximum absolute atomic E-state index is 9.32. The van der Waals surface area contributed by atoms with Crippen molar-refractivity contribution < 1.29 is 15.3 Å². The van der Waals surface area contributed by atoms with Crippen LogP contribution in [0.25, 0.3) is 0 Å². The second-order valence-corrected chi connectivity index (χ2v) is 2.91. The molecule has 0 aliphatic rings. The summed E-state index contributed by atoms with van der Waals surface area (Å²) in [5, 5.41) is 27.6. The molecule has 0 saturated carbocycles. The molecule has 0 spiro atoms. The highest BCUT2D eigenvalue weighted by atomic mass is 16.3. The van der Waals surface area contributed by atoms with Crippen LogP contribution >= 0.6 is 0 Å². The summed E-state index contributed by atoms with van der Waals surface area (Å²) in [5.41, 5.74) is 5.71. The fourth-order valence-corrected chi connectivity index (χ4v) is 1.07. The summed E-state index contributed by atoms with van der Waals surface area (Å²) < 4.78 is 0. The van der Waals surface area contributed by atoms with Gasteiger partial charge in [0.05, 0.1) is 6.10 Å². The maximum Gasteiger partial charge on any atom is 0.119 e. The molecule has 13 heavy (non-hydrogen) atoms. The minimum atomic E-state index is -0.687. The molecule has 0 aliphatic carbocycles. The van der Waals surface area contributed by atoms with Gasteiger partial charge in [-0.2, -0.15) is 0 Å². The number of aromatic hydroxyl groups is 2. The van der Waals surface area contributed by atoms with Crippen molar-refractivity contribution in [2.24, 2.45) is 5.73 Å². The van der Waals surface area contributed by atoms with Crippen molar-refractivity contribution in [1.82, 2.24) is 0 Å². The molecule has 4 nitrogen and oxygen atoms in total. The summed E-state index contributed by atoms with van der Waals surface area (Å²) in [6, 6.07) is 4.18. The van der Waals surface area contributed by atoms with Crippen LogP contribution in [-0.2, 0) is 6.42 Å². The number of aliphatic hydroxyl groups is 1. The lowest BCUT2D eigenvalue weighted by molar-refractivity contribution is 0.182. The van der Waals surface area contributed by atoms with Crippen molar-refractivity contribution in [1.29, 1.82) is 0 Å². The molecular weight excluding hydrogens is 170 g/mol. The van der Waals surface area contributed by atoms with Crippen LogP contribution in [0.15, 0.2) is 18.2 Å². The Kier molecular flexibility index (Phi) is 3.11. The van der Waals surface area contributed by atoms with Crippen molar-refractivity contribution >= 4 is 0 Å². The number of benzene rings is 1. The van der Waals surface area contributed by atoms with Gasteiger partial charge in [-0.05, 0) is 18.2 Å². The molecule has 0 bridgehead atoms. The molecule has 1 rings (SSSR count). The number of nitrogens with two attached hydrogens (primary N) is 1. The van der Waals surface area contributed by atoms with Crippen LogP contribution < -0.4 is 5.73 Å². The van der Waals surface area contributed by atoms with Gasteiger partial charge in [0, 0.05) is 18.5 Å². The Balaban J connectivity index is 2.81. The zero-order valence-electron chi connectivity index (χ0n) is 7.14. The first kappa shape index (κ1) is 9.83. The normalized spacial score (nSPS) is 12.8. The molecule has 0 aliphatic heterocycles. The zero-order valence-corrected chi connectivity index (χ0v) is 7.14. The predicted octanol–water partition coefficient (Wildman–Crippen LogP) is -0.0401. The van der Waals surface area contributed by atoms with Gasteiger partial charge in [-0.15, -0.1) is 0 Å². The summed E-state index contributed by atoms with van der Waals surface area (Å²) in [4.78, 5) is 0.